The van der Waals surface area contributed by atoms with Crippen LogP contribution in [0.3, 0.4) is 0 Å². The molecule has 0 aromatic carbocycles. The van der Waals surface area contributed by atoms with Gasteiger partial charge in [0.2, 0.25) is 0 Å². The molecular weight excluding hydrogens is 252 g/mol. The lowest BCUT2D eigenvalue weighted by Crippen LogP contribution is -2.43. The zero-order valence-corrected chi connectivity index (χ0v) is 12.4. The minimum absolute atomic E-state index is 0.367. The van der Waals surface area contributed by atoms with Gasteiger partial charge in [-0.3, -0.25) is 0 Å². The molecule has 0 saturated heterocycles. The monoisotopic (exact) mass is 274 g/mol. The Bertz CT molecular complexity index is 531. The molecule has 0 spiro atoms. The molecule has 1 aliphatic rings. The number of anilines is 1. The lowest BCUT2D eigenvalue weighted by Gasteiger charge is -2.27. The first-order valence-electron chi connectivity index (χ1n) is 6.95. The number of aryl methyl sites for hydroxylation is 2. The molecule has 0 saturated carbocycles. The van der Waals surface area contributed by atoms with Crippen LogP contribution < -0.4 is 5.32 Å². The fraction of sp³-hybridized carbons (Fsp3) is 0.600. The number of hydrogen-bond acceptors (Lipinski definition) is 5. The van der Waals surface area contributed by atoms with Gasteiger partial charge in [0.1, 0.15) is 11.9 Å². The van der Waals surface area contributed by atoms with Crippen molar-refractivity contribution in [2.75, 3.05) is 32.5 Å². The lowest BCUT2D eigenvalue weighted by molar-refractivity contribution is 0.0459. The van der Waals surface area contributed by atoms with E-state index in [0.29, 0.717) is 24.5 Å². The zero-order chi connectivity index (χ0) is 14.8. The van der Waals surface area contributed by atoms with Gasteiger partial charge in [-0.25, -0.2) is 4.98 Å². The predicted molar refractivity (Wildman–Crippen MR) is 78.6 cm³/mol. The van der Waals surface area contributed by atoms with E-state index >= 15 is 0 Å². The van der Waals surface area contributed by atoms with Crippen LogP contribution in [0.1, 0.15) is 30.2 Å². The van der Waals surface area contributed by atoms with Crippen molar-refractivity contribution >= 4 is 5.82 Å². The van der Waals surface area contributed by atoms with Gasteiger partial charge in [0, 0.05) is 18.8 Å². The second kappa shape index (κ2) is 5.78. The summed E-state index contributed by atoms with van der Waals surface area (Å²) in [5.74, 6) is 0.590. The first kappa shape index (κ1) is 14.8. The van der Waals surface area contributed by atoms with Crippen LogP contribution in [0.15, 0.2) is 6.07 Å². The molecule has 1 heterocycles. The summed E-state index contributed by atoms with van der Waals surface area (Å²) >= 11 is 0. The SMILES string of the molecule is CN(C)CC(C)(O)CNc1nc2c(cc1C#N)CCC2. The maximum absolute atomic E-state index is 10.3. The van der Waals surface area contributed by atoms with Crippen LogP contribution in [0.4, 0.5) is 5.82 Å². The van der Waals surface area contributed by atoms with E-state index in [1.165, 1.54) is 5.56 Å². The van der Waals surface area contributed by atoms with Gasteiger partial charge in [-0.1, -0.05) is 0 Å². The number of nitrogens with zero attached hydrogens (tertiary/aromatic N) is 3. The van der Waals surface area contributed by atoms with Crippen LogP contribution in [0, 0.1) is 11.3 Å². The summed E-state index contributed by atoms with van der Waals surface area (Å²) < 4.78 is 0. The summed E-state index contributed by atoms with van der Waals surface area (Å²) in [5.41, 5.74) is 1.97. The van der Waals surface area contributed by atoms with Crippen molar-refractivity contribution in [2.45, 2.75) is 31.8 Å². The van der Waals surface area contributed by atoms with Gasteiger partial charge >= 0.3 is 0 Å². The summed E-state index contributed by atoms with van der Waals surface area (Å²) in [6, 6.07) is 4.11. The number of nitriles is 1. The smallest absolute Gasteiger partial charge is 0.144 e. The Morgan fingerprint density at radius 3 is 2.90 bits per heavy atom. The molecular formula is C15H22N4O. The molecule has 0 radical (unpaired) electrons. The summed E-state index contributed by atoms with van der Waals surface area (Å²) in [6.45, 7) is 2.69. The maximum atomic E-state index is 10.3. The van der Waals surface area contributed by atoms with Crippen molar-refractivity contribution in [3.8, 4) is 6.07 Å². The van der Waals surface area contributed by atoms with E-state index in [0.717, 1.165) is 25.0 Å². The van der Waals surface area contributed by atoms with E-state index in [4.69, 9.17) is 0 Å². The first-order chi connectivity index (χ1) is 9.41. The number of aromatic nitrogens is 1. The number of likely N-dealkylation sites (N-methyl/N-ethyl adjacent to an activating group) is 1. The van der Waals surface area contributed by atoms with Crippen molar-refractivity contribution in [1.82, 2.24) is 9.88 Å². The van der Waals surface area contributed by atoms with Gasteiger partial charge in [-0.2, -0.15) is 5.26 Å². The van der Waals surface area contributed by atoms with Crippen LogP contribution in [-0.2, 0) is 12.8 Å². The van der Waals surface area contributed by atoms with Crippen molar-refractivity contribution < 1.29 is 5.11 Å². The first-order valence-corrected chi connectivity index (χ1v) is 6.95. The van der Waals surface area contributed by atoms with E-state index in [1.807, 2.05) is 25.1 Å². The highest BCUT2D eigenvalue weighted by Crippen LogP contribution is 2.25. The molecule has 0 fully saturated rings. The number of rotatable bonds is 5. The average Bonchev–Trinajstić information content (AvgIpc) is 2.80. The normalized spacial score (nSPS) is 16.6. The molecule has 0 aliphatic heterocycles. The summed E-state index contributed by atoms with van der Waals surface area (Å²) in [6.07, 6.45) is 3.09. The van der Waals surface area contributed by atoms with Crippen molar-refractivity contribution in [3.63, 3.8) is 0 Å². The van der Waals surface area contributed by atoms with Crippen molar-refractivity contribution in [2.24, 2.45) is 0 Å². The molecule has 5 heteroatoms. The lowest BCUT2D eigenvalue weighted by atomic mass is 10.1. The second-order valence-corrected chi connectivity index (χ2v) is 6.04. The van der Waals surface area contributed by atoms with Crippen molar-refractivity contribution in [1.29, 1.82) is 5.26 Å². The Labute approximate surface area is 120 Å². The third-order valence-electron chi connectivity index (χ3n) is 3.46. The number of fused-ring (bicyclic) bond motifs is 1. The topological polar surface area (TPSA) is 72.2 Å². The molecule has 1 aromatic rings. The Hall–Kier alpha value is -1.64. The van der Waals surface area contributed by atoms with Gasteiger partial charge in [0.05, 0.1) is 11.2 Å². The Balaban J connectivity index is 2.12. The van der Waals surface area contributed by atoms with E-state index < -0.39 is 5.60 Å². The van der Waals surface area contributed by atoms with Crippen LogP contribution in [0.25, 0.3) is 0 Å². The van der Waals surface area contributed by atoms with Crippen LogP contribution >= 0.6 is 0 Å². The number of nitrogens with one attached hydrogen (secondary N) is 1. The molecule has 1 atom stereocenters. The molecule has 1 unspecified atom stereocenters. The van der Waals surface area contributed by atoms with Gasteiger partial charge in [0.15, 0.2) is 0 Å². The molecule has 0 bridgehead atoms. The van der Waals surface area contributed by atoms with E-state index in [-0.39, 0.29) is 0 Å². The summed E-state index contributed by atoms with van der Waals surface area (Å²) in [5, 5.41) is 22.6. The molecule has 5 nitrogen and oxygen atoms in total. The Morgan fingerprint density at radius 1 is 1.50 bits per heavy atom. The van der Waals surface area contributed by atoms with E-state index in [9.17, 15) is 10.4 Å². The Morgan fingerprint density at radius 2 is 2.25 bits per heavy atom. The molecule has 1 aromatic heterocycles. The summed E-state index contributed by atoms with van der Waals surface area (Å²) in [4.78, 5) is 6.48. The van der Waals surface area contributed by atoms with Gasteiger partial charge in [-0.15, -0.1) is 0 Å². The highest BCUT2D eigenvalue weighted by molar-refractivity contribution is 5.55. The van der Waals surface area contributed by atoms with Crippen LogP contribution in [0.2, 0.25) is 0 Å². The zero-order valence-electron chi connectivity index (χ0n) is 12.4. The molecule has 20 heavy (non-hydrogen) atoms. The highest BCUT2D eigenvalue weighted by atomic mass is 16.3. The minimum Gasteiger partial charge on any atom is -0.387 e. The molecule has 2 rings (SSSR count). The second-order valence-electron chi connectivity index (χ2n) is 6.04. The number of aliphatic hydroxyl groups is 1. The predicted octanol–water partition coefficient (Wildman–Crippen LogP) is 1.17. The van der Waals surface area contributed by atoms with Crippen molar-refractivity contribution in [3.05, 3.63) is 22.9 Å². The maximum Gasteiger partial charge on any atom is 0.144 e. The molecule has 2 N–H and O–H groups in total. The third kappa shape index (κ3) is 3.47. The molecule has 1 aliphatic carbocycles. The van der Waals surface area contributed by atoms with Gasteiger partial charge < -0.3 is 15.3 Å². The number of pyridine rings is 1. The standard InChI is InChI=1S/C15H22N4O/c1-15(20,10-19(2)3)9-17-14-12(8-16)7-11-5-4-6-13(11)18-14/h7,20H,4-6,9-10H2,1-3H3,(H,17,18). The summed E-state index contributed by atoms with van der Waals surface area (Å²) in [7, 11) is 3.84. The van der Waals surface area contributed by atoms with E-state index in [2.05, 4.69) is 16.4 Å². The highest BCUT2D eigenvalue weighted by Gasteiger charge is 2.23. The molecule has 108 valence electrons. The largest absolute Gasteiger partial charge is 0.387 e. The molecule has 0 amide bonds. The minimum atomic E-state index is -0.864. The van der Waals surface area contributed by atoms with Crippen LogP contribution in [-0.4, -0.2) is 47.8 Å². The van der Waals surface area contributed by atoms with Gasteiger partial charge in [0.25, 0.3) is 0 Å². The average molecular weight is 274 g/mol. The Kier molecular flexibility index (Phi) is 4.26. The van der Waals surface area contributed by atoms with Crippen LogP contribution in [0.5, 0.6) is 0 Å². The third-order valence-corrected chi connectivity index (χ3v) is 3.46. The number of hydrogen-bond donors (Lipinski definition) is 2. The quantitative estimate of drug-likeness (QED) is 0.843. The van der Waals surface area contributed by atoms with Gasteiger partial charge in [-0.05, 0) is 51.9 Å². The fourth-order valence-corrected chi connectivity index (χ4v) is 2.70. The van der Waals surface area contributed by atoms with E-state index in [1.54, 1.807) is 6.92 Å². The fourth-order valence-electron chi connectivity index (χ4n) is 2.70.